The SMILES string of the molecule is Cc1ccc(F)c(CC(C)(C)N)c1O. The van der Waals surface area contributed by atoms with Crippen LogP contribution in [-0.2, 0) is 6.42 Å². The lowest BCUT2D eigenvalue weighted by Crippen LogP contribution is -2.34. The Bertz CT molecular complexity index is 342. The minimum Gasteiger partial charge on any atom is -0.507 e. The molecule has 3 N–H and O–H groups in total. The van der Waals surface area contributed by atoms with Crippen molar-refractivity contribution in [2.24, 2.45) is 5.73 Å². The Kier molecular flexibility index (Phi) is 2.81. The summed E-state index contributed by atoms with van der Waals surface area (Å²) in [4.78, 5) is 0. The highest BCUT2D eigenvalue weighted by Gasteiger charge is 2.18. The number of hydrogen-bond acceptors (Lipinski definition) is 2. The maximum Gasteiger partial charge on any atom is 0.130 e. The van der Waals surface area contributed by atoms with Crippen LogP contribution in [0, 0.1) is 12.7 Å². The molecule has 1 aromatic rings. The van der Waals surface area contributed by atoms with E-state index in [4.69, 9.17) is 5.73 Å². The molecule has 78 valence electrons. The molecule has 1 aromatic carbocycles. The Morgan fingerprint density at radius 3 is 2.50 bits per heavy atom. The normalized spacial score (nSPS) is 11.8. The Balaban J connectivity index is 3.13. The lowest BCUT2D eigenvalue weighted by atomic mass is 9.94. The van der Waals surface area contributed by atoms with Gasteiger partial charge in [0.05, 0.1) is 0 Å². The molecule has 0 aliphatic carbocycles. The summed E-state index contributed by atoms with van der Waals surface area (Å²) in [6.07, 6.45) is 0.326. The molecule has 0 aliphatic heterocycles. The second kappa shape index (κ2) is 3.58. The quantitative estimate of drug-likeness (QED) is 0.762. The molecule has 0 atom stereocenters. The van der Waals surface area contributed by atoms with Crippen molar-refractivity contribution in [2.75, 3.05) is 0 Å². The van der Waals surface area contributed by atoms with Crippen molar-refractivity contribution in [3.05, 3.63) is 29.1 Å². The van der Waals surface area contributed by atoms with Gasteiger partial charge in [0.1, 0.15) is 11.6 Å². The summed E-state index contributed by atoms with van der Waals surface area (Å²) < 4.78 is 13.3. The van der Waals surface area contributed by atoms with E-state index in [1.807, 2.05) is 0 Å². The van der Waals surface area contributed by atoms with Crippen molar-refractivity contribution in [3.8, 4) is 5.75 Å². The fourth-order valence-corrected chi connectivity index (χ4v) is 1.35. The number of phenols is 1. The molecule has 0 amide bonds. The smallest absolute Gasteiger partial charge is 0.130 e. The topological polar surface area (TPSA) is 46.2 Å². The van der Waals surface area contributed by atoms with E-state index in [1.54, 1.807) is 26.8 Å². The second-order valence-corrected chi connectivity index (χ2v) is 4.36. The highest BCUT2D eigenvalue weighted by Crippen LogP contribution is 2.27. The number of hydrogen-bond donors (Lipinski definition) is 2. The summed E-state index contributed by atoms with van der Waals surface area (Å²) in [6.45, 7) is 5.34. The molecule has 0 radical (unpaired) electrons. The van der Waals surface area contributed by atoms with Crippen molar-refractivity contribution >= 4 is 0 Å². The van der Waals surface area contributed by atoms with Gasteiger partial charge in [-0.05, 0) is 38.8 Å². The number of benzene rings is 1. The summed E-state index contributed by atoms with van der Waals surface area (Å²) in [6, 6.07) is 2.91. The summed E-state index contributed by atoms with van der Waals surface area (Å²) in [5, 5.41) is 9.65. The highest BCUT2D eigenvalue weighted by molar-refractivity contribution is 5.41. The number of rotatable bonds is 2. The number of aryl methyl sites for hydroxylation is 1. The number of phenolic OH excluding ortho intramolecular Hbond substituents is 1. The van der Waals surface area contributed by atoms with E-state index < -0.39 is 11.4 Å². The monoisotopic (exact) mass is 197 g/mol. The molecule has 0 unspecified atom stereocenters. The van der Waals surface area contributed by atoms with Crippen LogP contribution in [0.1, 0.15) is 25.0 Å². The first-order valence-electron chi connectivity index (χ1n) is 4.57. The van der Waals surface area contributed by atoms with Crippen LogP contribution in [-0.4, -0.2) is 10.6 Å². The third-order valence-electron chi connectivity index (χ3n) is 2.06. The molecular weight excluding hydrogens is 181 g/mol. The molecule has 0 aromatic heterocycles. The van der Waals surface area contributed by atoms with Gasteiger partial charge in [0, 0.05) is 11.1 Å². The van der Waals surface area contributed by atoms with E-state index in [-0.39, 0.29) is 5.75 Å². The minimum absolute atomic E-state index is 0.0172. The molecule has 0 aliphatic rings. The zero-order valence-corrected chi connectivity index (χ0v) is 8.76. The summed E-state index contributed by atoms with van der Waals surface area (Å²) >= 11 is 0. The van der Waals surface area contributed by atoms with Crippen molar-refractivity contribution < 1.29 is 9.50 Å². The highest BCUT2D eigenvalue weighted by atomic mass is 19.1. The Hall–Kier alpha value is -1.09. The van der Waals surface area contributed by atoms with Gasteiger partial charge in [-0.25, -0.2) is 4.39 Å². The van der Waals surface area contributed by atoms with Gasteiger partial charge >= 0.3 is 0 Å². The average molecular weight is 197 g/mol. The summed E-state index contributed by atoms with van der Waals surface area (Å²) in [5.74, 6) is -0.379. The summed E-state index contributed by atoms with van der Waals surface area (Å²) in [5.41, 5.74) is 6.23. The van der Waals surface area contributed by atoms with Gasteiger partial charge < -0.3 is 10.8 Å². The molecule has 3 heteroatoms. The molecule has 0 heterocycles. The van der Waals surface area contributed by atoms with E-state index >= 15 is 0 Å². The largest absolute Gasteiger partial charge is 0.507 e. The molecular formula is C11H16FNO. The molecule has 0 saturated heterocycles. The Morgan fingerprint density at radius 2 is 2.00 bits per heavy atom. The van der Waals surface area contributed by atoms with E-state index in [2.05, 4.69) is 0 Å². The van der Waals surface area contributed by atoms with E-state index in [0.29, 0.717) is 17.5 Å². The Labute approximate surface area is 83.6 Å². The standard InChI is InChI=1S/C11H16FNO/c1-7-4-5-9(12)8(10(7)14)6-11(2,3)13/h4-5,14H,6,13H2,1-3H3. The molecule has 0 bridgehead atoms. The van der Waals surface area contributed by atoms with Crippen LogP contribution in [0.5, 0.6) is 5.75 Å². The van der Waals surface area contributed by atoms with Gasteiger partial charge in [-0.15, -0.1) is 0 Å². The average Bonchev–Trinajstić information content (AvgIpc) is 2.04. The van der Waals surface area contributed by atoms with Gasteiger partial charge in [0.15, 0.2) is 0 Å². The number of nitrogens with two attached hydrogens (primary N) is 1. The van der Waals surface area contributed by atoms with Crippen LogP contribution in [0.3, 0.4) is 0 Å². The minimum atomic E-state index is -0.522. The molecule has 0 saturated carbocycles. The van der Waals surface area contributed by atoms with Crippen molar-refractivity contribution in [3.63, 3.8) is 0 Å². The number of aromatic hydroxyl groups is 1. The Morgan fingerprint density at radius 1 is 1.43 bits per heavy atom. The predicted octanol–water partition coefficient (Wildman–Crippen LogP) is 2.12. The fraction of sp³-hybridized carbons (Fsp3) is 0.455. The number of halogens is 1. The summed E-state index contributed by atoms with van der Waals surface area (Å²) in [7, 11) is 0. The maximum absolute atomic E-state index is 13.3. The lowest BCUT2D eigenvalue weighted by Gasteiger charge is -2.20. The first kappa shape index (κ1) is 11.0. The first-order chi connectivity index (χ1) is 6.31. The molecule has 1 rings (SSSR count). The zero-order chi connectivity index (χ0) is 10.9. The van der Waals surface area contributed by atoms with Crippen LogP contribution in [0.4, 0.5) is 4.39 Å². The van der Waals surface area contributed by atoms with Gasteiger partial charge in [0.2, 0.25) is 0 Å². The van der Waals surface area contributed by atoms with E-state index in [0.717, 1.165) is 0 Å². The van der Waals surface area contributed by atoms with Crippen LogP contribution in [0.2, 0.25) is 0 Å². The predicted molar refractivity (Wildman–Crippen MR) is 54.8 cm³/mol. The second-order valence-electron chi connectivity index (χ2n) is 4.36. The van der Waals surface area contributed by atoms with Crippen LogP contribution >= 0.6 is 0 Å². The van der Waals surface area contributed by atoms with Gasteiger partial charge in [-0.1, -0.05) is 6.07 Å². The van der Waals surface area contributed by atoms with Gasteiger partial charge in [-0.3, -0.25) is 0 Å². The maximum atomic E-state index is 13.3. The van der Waals surface area contributed by atoms with Crippen LogP contribution in [0.25, 0.3) is 0 Å². The zero-order valence-electron chi connectivity index (χ0n) is 8.76. The van der Waals surface area contributed by atoms with Crippen molar-refractivity contribution in [1.82, 2.24) is 0 Å². The molecule has 14 heavy (non-hydrogen) atoms. The fourth-order valence-electron chi connectivity index (χ4n) is 1.35. The molecule has 2 nitrogen and oxygen atoms in total. The molecule has 0 spiro atoms. The third-order valence-corrected chi connectivity index (χ3v) is 2.06. The molecule has 0 fully saturated rings. The lowest BCUT2D eigenvalue weighted by molar-refractivity contribution is 0.432. The van der Waals surface area contributed by atoms with Crippen molar-refractivity contribution in [2.45, 2.75) is 32.7 Å². The first-order valence-corrected chi connectivity index (χ1v) is 4.57. The van der Waals surface area contributed by atoms with E-state index in [9.17, 15) is 9.50 Å². The van der Waals surface area contributed by atoms with E-state index in [1.165, 1.54) is 6.07 Å². The van der Waals surface area contributed by atoms with Crippen molar-refractivity contribution in [1.29, 1.82) is 0 Å². The van der Waals surface area contributed by atoms with Crippen LogP contribution < -0.4 is 5.73 Å². The van der Waals surface area contributed by atoms with Gasteiger partial charge in [0.25, 0.3) is 0 Å². The van der Waals surface area contributed by atoms with Crippen LogP contribution in [0.15, 0.2) is 12.1 Å². The van der Waals surface area contributed by atoms with Gasteiger partial charge in [-0.2, -0.15) is 0 Å². The third kappa shape index (κ3) is 2.45.